The van der Waals surface area contributed by atoms with E-state index in [1.807, 2.05) is 0 Å². The minimum atomic E-state index is -2.87. The predicted molar refractivity (Wildman–Crippen MR) is 70.7 cm³/mol. The lowest BCUT2D eigenvalue weighted by molar-refractivity contribution is 0.0660. The first-order chi connectivity index (χ1) is 7.92. The van der Waals surface area contributed by atoms with Crippen molar-refractivity contribution in [3.05, 3.63) is 0 Å². The van der Waals surface area contributed by atoms with Gasteiger partial charge in [-0.1, -0.05) is 26.2 Å². The minimum absolute atomic E-state index is 0.203. The van der Waals surface area contributed by atoms with Gasteiger partial charge in [-0.15, -0.1) is 0 Å². The lowest BCUT2D eigenvalue weighted by Crippen LogP contribution is -2.26. The fraction of sp³-hybridized carbons (Fsp3) is 1.00. The van der Waals surface area contributed by atoms with Gasteiger partial charge >= 0.3 is 0 Å². The molecule has 102 valence electrons. The highest BCUT2D eigenvalue weighted by Gasteiger charge is 2.25. The predicted octanol–water partition coefficient (Wildman–Crippen LogP) is 2.39. The zero-order valence-corrected chi connectivity index (χ0v) is 11.9. The van der Waals surface area contributed by atoms with Crippen molar-refractivity contribution in [1.82, 2.24) is 0 Å². The standard InChI is InChI=1S/C13H26O3S/c1-3-11-6-8-12(9-7-11)13(14)5-4-10-17(2,15)16/h11-14H,3-10H2,1-2H3. The molecule has 1 saturated carbocycles. The summed E-state index contributed by atoms with van der Waals surface area (Å²) >= 11 is 0. The Labute approximate surface area is 106 Å². The Hall–Kier alpha value is -0.0900. The van der Waals surface area contributed by atoms with Gasteiger partial charge in [0, 0.05) is 12.0 Å². The molecular weight excluding hydrogens is 236 g/mol. The van der Waals surface area contributed by atoms with Crippen LogP contribution in [0.3, 0.4) is 0 Å². The van der Waals surface area contributed by atoms with Crippen LogP contribution in [0.25, 0.3) is 0 Å². The van der Waals surface area contributed by atoms with Crippen molar-refractivity contribution in [3.8, 4) is 0 Å². The van der Waals surface area contributed by atoms with Crippen molar-refractivity contribution in [1.29, 1.82) is 0 Å². The Bertz CT molecular complexity index is 303. The molecule has 1 atom stereocenters. The van der Waals surface area contributed by atoms with Gasteiger partial charge in [-0.2, -0.15) is 0 Å². The Kier molecular flexibility index (Phi) is 5.93. The minimum Gasteiger partial charge on any atom is -0.393 e. The van der Waals surface area contributed by atoms with Crippen LogP contribution in [0, 0.1) is 11.8 Å². The van der Waals surface area contributed by atoms with E-state index in [1.54, 1.807) is 0 Å². The van der Waals surface area contributed by atoms with E-state index in [0.29, 0.717) is 18.8 Å². The fourth-order valence-corrected chi connectivity index (χ4v) is 3.46. The average Bonchev–Trinajstić information content (AvgIpc) is 2.27. The molecule has 0 spiro atoms. The van der Waals surface area contributed by atoms with Crippen molar-refractivity contribution >= 4 is 9.84 Å². The van der Waals surface area contributed by atoms with Gasteiger partial charge in [0.05, 0.1) is 6.10 Å². The van der Waals surface area contributed by atoms with E-state index in [1.165, 1.54) is 25.5 Å². The second-order valence-electron chi connectivity index (χ2n) is 5.53. The van der Waals surface area contributed by atoms with Gasteiger partial charge in [-0.05, 0) is 37.5 Å². The van der Waals surface area contributed by atoms with E-state index in [4.69, 9.17) is 0 Å². The zero-order chi connectivity index (χ0) is 12.9. The van der Waals surface area contributed by atoms with E-state index in [-0.39, 0.29) is 11.9 Å². The summed E-state index contributed by atoms with van der Waals surface area (Å²) in [5, 5.41) is 10.0. The van der Waals surface area contributed by atoms with Crippen LogP contribution in [-0.4, -0.2) is 31.6 Å². The molecule has 1 unspecified atom stereocenters. The molecule has 0 aromatic carbocycles. The molecule has 17 heavy (non-hydrogen) atoms. The molecule has 3 nitrogen and oxygen atoms in total. The molecule has 0 radical (unpaired) electrons. The van der Waals surface area contributed by atoms with E-state index in [2.05, 4.69) is 6.92 Å². The number of sulfone groups is 1. The molecule has 1 aliphatic rings. The molecular formula is C13H26O3S. The van der Waals surface area contributed by atoms with E-state index in [9.17, 15) is 13.5 Å². The summed E-state index contributed by atoms with van der Waals surface area (Å²) in [7, 11) is -2.87. The summed E-state index contributed by atoms with van der Waals surface area (Å²) in [4.78, 5) is 0. The van der Waals surface area contributed by atoms with Crippen LogP contribution in [0.2, 0.25) is 0 Å². The summed E-state index contributed by atoms with van der Waals surface area (Å²) in [6, 6.07) is 0. The summed E-state index contributed by atoms with van der Waals surface area (Å²) in [5.41, 5.74) is 0. The first-order valence-electron chi connectivity index (χ1n) is 6.78. The van der Waals surface area contributed by atoms with Crippen LogP contribution in [0.4, 0.5) is 0 Å². The van der Waals surface area contributed by atoms with Crippen LogP contribution in [0.15, 0.2) is 0 Å². The zero-order valence-electron chi connectivity index (χ0n) is 11.1. The molecule has 1 aliphatic carbocycles. The summed E-state index contributed by atoms with van der Waals surface area (Å²) in [6.45, 7) is 2.23. The van der Waals surface area contributed by atoms with Gasteiger partial charge in [0.1, 0.15) is 9.84 Å². The first kappa shape index (κ1) is 15.0. The molecule has 0 aromatic heterocycles. The highest BCUT2D eigenvalue weighted by molar-refractivity contribution is 7.90. The SMILES string of the molecule is CCC1CCC(C(O)CCCS(C)(=O)=O)CC1. The van der Waals surface area contributed by atoms with E-state index in [0.717, 1.165) is 18.8 Å². The molecule has 0 aliphatic heterocycles. The highest BCUT2D eigenvalue weighted by atomic mass is 32.2. The van der Waals surface area contributed by atoms with Crippen molar-refractivity contribution in [2.24, 2.45) is 11.8 Å². The Morgan fingerprint density at radius 3 is 2.29 bits per heavy atom. The normalized spacial score (nSPS) is 27.9. The summed E-state index contributed by atoms with van der Waals surface area (Å²) in [6.07, 6.45) is 8.10. The van der Waals surface area contributed by atoms with Crippen molar-refractivity contribution in [2.45, 2.75) is 58.0 Å². The lowest BCUT2D eigenvalue weighted by atomic mass is 9.78. The third kappa shape index (κ3) is 5.87. The van der Waals surface area contributed by atoms with Gasteiger partial charge in [-0.25, -0.2) is 8.42 Å². The van der Waals surface area contributed by atoms with Gasteiger partial charge in [0.25, 0.3) is 0 Å². The number of hydrogen-bond donors (Lipinski definition) is 1. The number of aliphatic hydroxyl groups excluding tert-OH is 1. The fourth-order valence-electron chi connectivity index (χ4n) is 2.77. The lowest BCUT2D eigenvalue weighted by Gasteiger charge is -2.31. The molecule has 0 aromatic rings. The van der Waals surface area contributed by atoms with Gasteiger partial charge in [-0.3, -0.25) is 0 Å². The Morgan fingerprint density at radius 2 is 1.82 bits per heavy atom. The average molecular weight is 262 g/mol. The van der Waals surface area contributed by atoms with Crippen molar-refractivity contribution in [3.63, 3.8) is 0 Å². The van der Waals surface area contributed by atoms with E-state index < -0.39 is 9.84 Å². The van der Waals surface area contributed by atoms with Crippen LogP contribution in [0.5, 0.6) is 0 Å². The molecule has 1 rings (SSSR count). The van der Waals surface area contributed by atoms with E-state index >= 15 is 0 Å². The number of hydrogen-bond acceptors (Lipinski definition) is 3. The molecule has 1 N–H and O–H groups in total. The smallest absolute Gasteiger partial charge is 0.147 e. The topological polar surface area (TPSA) is 54.4 Å². The maximum atomic E-state index is 11.0. The Morgan fingerprint density at radius 1 is 1.24 bits per heavy atom. The second-order valence-corrected chi connectivity index (χ2v) is 7.79. The highest BCUT2D eigenvalue weighted by Crippen LogP contribution is 2.33. The van der Waals surface area contributed by atoms with Gasteiger partial charge in [0.2, 0.25) is 0 Å². The molecule has 0 amide bonds. The molecule has 4 heteroatoms. The van der Waals surface area contributed by atoms with Crippen molar-refractivity contribution < 1.29 is 13.5 Å². The van der Waals surface area contributed by atoms with Gasteiger partial charge < -0.3 is 5.11 Å². The largest absolute Gasteiger partial charge is 0.393 e. The quantitative estimate of drug-likeness (QED) is 0.799. The Balaban J connectivity index is 2.22. The summed E-state index contributed by atoms with van der Waals surface area (Å²) in [5.74, 6) is 1.45. The van der Waals surface area contributed by atoms with Gasteiger partial charge in [0.15, 0.2) is 0 Å². The maximum Gasteiger partial charge on any atom is 0.147 e. The third-order valence-electron chi connectivity index (χ3n) is 4.03. The van der Waals surface area contributed by atoms with Crippen LogP contribution < -0.4 is 0 Å². The second kappa shape index (κ2) is 6.74. The summed E-state index contributed by atoms with van der Waals surface area (Å²) < 4.78 is 22.0. The molecule has 0 bridgehead atoms. The maximum absolute atomic E-state index is 11.0. The van der Waals surface area contributed by atoms with Crippen LogP contribution in [0.1, 0.15) is 51.9 Å². The van der Waals surface area contributed by atoms with Crippen molar-refractivity contribution in [2.75, 3.05) is 12.0 Å². The van der Waals surface area contributed by atoms with Crippen LogP contribution >= 0.6 is 0 Å². The molecule has 0 heterocycles. The molecule has 1 fully saturated rings. The number of aliphatic hydroxyl groups is 1. The van der Waals surface area contributed by atoms with Crippen LogP contribution in [-0.2, 0) is 9.84 Å². The third-order valence-corrected chi connectivity index (χ3v) is 5.06. The monoisotopic (exact) mass is 262 g/mol. The number of rotatable bonds is 6. The molecule has 0 saturated heterocycles. The first-order valence-corrected chi connectivity index (χ1v) is 8.84.